The summed E-state index contributed by atoms with van der Waals surface area (Å²) in [5, 5.41) is 12.0. The van der Waals surface area contributed by atoms with Crippen molar-refractivity contribution in [3.05, 3.63) is 48.8 Å². The summed E-state index contributed by atoms with van der Waals surface area (Å²) in [5.41, 5.74) is 2.86. The van der Waals surface area contributed by atoms with Crippen LogP contribution in [0.4, 0.5) is 11.4 Å². The highest BCUT2D eigenvalue weighted by Gasteiger charge is 2.14. The van der Waals surface area contributed by atoms with E-state index in [0.29, 0.717) is 5.16 Å². The third kappa shape index (κ3) is 4.75. The van der Waals surface area contributed by atoms with Gasteiger partial charge in [0.1, 0.15) is 0 Å². The van der Waals surface area contributed by atoms with Crippen LogP contribution < -0.4 is 10.2 Å². The topological polar surface area (TPSA) is 85.2 Å². The number of nitrogens with one attached hydrogen (secondary N) is 1. The fourth-order valence-corrected chi connectivity index (χ4v) is 3.81. The average molecular weight is 411 g/mol. The first kappa shape index (κ1) is 19.4. The van der Waals surface area contributed by atoms with Crippen molar-refractivity contribution in [1.82, 2.24) is 19.7 Å². The van der Waals surface area contributed by atoms with Crippen molar-refractivity contribution in [3.63, 3.8) is 0 Å². The molecule has 3 aromatic rings. The summed E-state index contributed by atoms with van der Waals surface area (Å²) in [6.07, 6.45) is 3.43. The van der Waals surface area contributed by atoms with E-state index in [4.69, 9.17) is 4.74 Å². The van der Waals surface area contributed by atoms with Gasteiger partial charge in [-0.2, -0.15) is 0 Å². The Labute approximate surface area is 173 Å². The van der Waals surface area contributed by atoms with E-state index in [1.807, 2.05) is 48.0 Å². The van der Waals surface area contributed by atoms with Crippen LogP contribution in [-0.2, 0) is 16.6 Å². The highest BCUT2D eigenvalue weighted by atomic mass is 32.2. The van der Waals surface area contributed by atoms with Gasteiger partial charge in [0.2, 0.25) is 5.91 Å². The number of anilines is 2. The predicted molar refractivity (Wildman–Crippen MR) is 113 cm³/mol. The zero-order valence-electron chi connectivity index (χ0n) is 16.1. The summed E-state index contributed by atoms with van der Waals surface area (Å²) in [6, 6.07) is 11.7. The second kappa shape index (κ2) is 9.06. The summed E-state index contributed by atoms with van der Waals surface area (Å²) in [5.74, 6) is 0.921. The van der Waals surface area contributed by atoms with Gasteiger partial charge in [0, 0.05) is 49.5 Å². The Morgan fingerprint density at radius 1 is 1.10 bits per heavy atom. The predicted octanol–water partition coefficient (Wildman–Crippen LogP) is 2.44. The molecule has 0 unspecified atom stereocenters. The Balaban J connectivity index is 1.32. The number of ether oxygens (including phenoxy) is 1. The standard InChI is InChI=1S/C20H22N6O2S/c1-25-19(15-6-8-21-9-7-15)23-24-20(25)29-14-18(27)22-16-2-4-17(5-3-16)26-10-12-28-13-11-26/h2-9H,10-14H2,1H3,(H,22,27). The molecule has 1 amide bonds. The van der Waals surface area contributed by atoms with E-state index in [9.17, 15) is 4.79 Å². The molecule has 1 aromatic carbocycles. The van der Waals surface area contributed by atoms with Gasteiger partial charge in [0.05, 0.1) is 19.0 Å². The van der Waals surface area contributed by atoms with Crippen LogP contribution in [0, 0.1) is 0 Å². The van der Waals surface area contributed by atoms with Gasteiger partial charge in [-0.15, -0.1) is 10.2 Å². The van der Waals surface area contributed by atoms with Gasteiger partial charge in [0.25, 0.3) is 0 Å². The normalized spacial score (nSPS) is 14.0. The van der Waals surface area contributed by atoms with Crippen LogP contribution in [0.3, 0.4) is 0 Å². The summed E-state index contributed by atoms with van der Waals surface area (Å²) in [7, 11) is 1.89. The zero-order chi connectivity index (χ0) is 20.1. The van der Waals surface area contributed by atoms with Crippen molar-refractivity contribution >= 4 is 29.0 Å². The lowest BCUT2D eigenvalue weighted by Gasteiger charge is -2.28. The van der Waals surface area contributed by atoms with E-state index < -0.39 is 0 Å². The van der Waals surface area contributed by atoms with Crippen molar-refractivity contribution in [2.45, 2.75) is 5.16 Å². The molecule has 0 atom stereocenters. The Bertz CT molecular complexity index is 955. The summed E-state index contributed by atoms with van der Waals surface area (Å²) >= 11 is 1.36. The first-order valence-electron chi connectivity index (χ1n) is 9.36. The molecular weight excluding hydrogens is 388 g/mol. The molecule has 3 heterocycles. The molecule has 2 aromatic heterocycles. The second-order valence-electron chi connectivity index (χ2n) is 6.58. The number of morpholine rings is 1. The molecule has 8 nitrogen and oxygen atoms in total. The molecule has 1 aliphatic heterocycles. The Morgan fingerprint density at radius 3 is 2.55 bits per heavy atom. The van der Waals surface area contributed by atoms with Gasteiger partial charge in [0.15, 0.2) is 11.0 Å². The number of thioether (sulfide) groups is 1. The molecule has 1 N–H and O–H groups in total. The molecule has 0 aliphatic carbocycles. The minimum absolute atomic E-state index is 0.0809. The SMILES string of the molecule is Cn1c(SCC(=O)Nc2ccc(N3CCOCC3)cc2)nnc1-c1ccncc1. The van der Waals surface area contributed by atoms with Gasteiger partial charge < -0.3 is 19.5 Å². The van der Waals surface area contributed by atoms with E-state index in [2.05, 4.69) is 25.4 Å². The lowest BCUT2D eigenvalue weighted by atomic mass is 10.2. The molecule has 0 bridgehead atoms. The highest BCUT2D eigenvalue weighted by molar-refractivity contribution is 7.99. The maximum absolute atomic E-state index is 12.3. The van der Waals surface area contributed by atoms with Crippen molar-refractivity contribution in [2.24, 2.45) is 7.05 Å². The average Bonchev–Trinajstić information content (AvgIpc) is 3.14. The van der Waals surface area contributed by atoms with E-state index in [1.54, 1.807) is 12.4 Å². The van der Waals surface area contributed by atoms with Crippen LogP contribution in [0.2, 0.25) is 0 Å². The molecule has 0 spiro atoms. The van der Waals surface area contributed by atoms with Gasteiger partial charge >= 0.3 is 0 Å². The molecule has 150 valence electrons. The molecule has 0 saturated carbocycles. The lowest BCUT2D eigenvalue weighted by molar-refractivity contribution is -0.113. The quantitative estimate of drug-likeness (QED) is 0.625. The molecule has 0 radical (unpaired) electrons. The number of carbonyl (C=O) groups is 1. The van der Waals surface area contributed by atoms with E-state index in [0.717, 1.165) is 49.1 Å². The van der Waals surface area contributed by atoms with Gasteiger partial charge in [-0.1, -0.05) is 11.8 Å². The third-order valence-electron chi connectivity index (χ3n) is 4.63. The monoisotopic (exact) mass is 410 g/mol. The van der Waals surface area contributed by atoms with Crippen LogP contribution >= 0.6 is 11.8 Å². The molecule has 1 fully saturated rings. The van der Waals surface area contributed by atoms with Crippen LogP contribution in [0.5, 0.6) is 0 Å². The Kier molecular flexibility index (Phi) is 6.06. The number of hydrogen-bond donors (Lipinski definition) is 1. The molecule has 1 aliphatic rings. The van der Waals surface area contributed by atoms with E-state index in [1.165, 1.54) is 11.8 Å². The summed E-state index contributed by atoms with van der Waals surface area (Å²) in [6.45, 7) is 3.28. The van der Waals surface area contributed by atoms with Gasteiger partial charge in [-0.3, -0.25) is 9.78 Å². The van der Waals surface area contributed by atoms with Crippen LogP contribution in [0.25, 0.3) is 11.4 Å². The first-order chi connectivity index (χ1) is 14.2. The molecule has 4 rings (SSSR count). The largest absolute Gasteiger partial charge is 0.378 e. The Morgan fingerprint density at radius 2 is 1.83 bits per heavy atom. The lowest BCUT2D eigenvalue weighted by Crippen LogP contribution is -2.36. The van der Waals surface area contributed by atoms with Crippen LogP contribution in [-0.4, -0.2) is 57.7 Å². The number of nitrogens with zero attached hydrogens (tertiary/aromatic N) is 5. The maximum atomic E-state index is 12.3. The summed E-state index contributed by atoms with van der Waals surface area (Å²) < 4.78 is 7.26. The van der Waals surface area contributed by atoms with Crippen LogP contribution in [0.15, 0.2) is 53.9 Å². The van der Waals surface area contributed by atoms with E-state index >= 15 is 0 Å². The van der Waals surface area contributed by atoms with Crippen molar-refractivity contribution in [3.8, 4) is 11.4 Å². The molecule has 29 heavy (non-hydrogen) atoms. The third-order valence-corrected chi connectivity index (χ3v) is 5.65. The number of amides is 1. The minimum atomic E-state index is -0.0809. The Hall–Kier alpha value is -2.91. The number of rotatable bonds is 6. The molecular formula is C20H22N6O2S. The minimum Gasteiger partial charge on any atom is -0.378 e. The molecule has 9 heteroatoms. The number of carbonyl (C=O) groups excluding carboxylic acids is 1. The van der Waals surface area contributed by atoms with Crippen LogP contribution in [0.1, 0.15) is 0 Å². The van der Waals surface area contributed by atoms with Crippen molar-refractivity contribution < 1.29 is 9.53 Å². The van der Waals surface area contributed by atoms with Gasteiger partial charge in [-0.25, -0.2) is 0 Å². The highest BCUT2D eigenvalue weighted by Crippen LogP contribution is 2.23. The molecule has 1 saturated heterocycles. The number of pyridine rings is 1. The van der Waals surface area contributed by atoms with Crippen molar-refractivity contribution in [1.29, 1.82) is 0 Å². The smallest absolute Gasteiger partial charge is 0.234 e. The summed E-state index contributed by atoms with van der Waals surface area (Å²) in [4.78, 5) is 18.6. The first-order valence-corrected chi connectivity index (χ1v) is 10.3. The fourth-order valence-electron chi connectivity index (χ4n) is 3.10. The van der Waals surface area contributed by atoms with E-state index in [-0.39, 0.29) is 11.7 Å². The van der Waals surface area contributed by atoms with Gasteiger partial charge in [-0.05, 0) is 36.4 Å². The maximum Gasteiger partial charge on any atom is 0.234 e. The zero-order valence-corrected chi connectivity index (χ0v) is 16.9. The second-order valence-corrected chi connectivity index (χ2v) is 7.53. The fraction of sp³-hybridized carbons (Fsp3) is 0.300. The van der Waals surface area contributed by atoms with Crippen molar-refractivity contribution in [2.75, 3.05) is 42.3 Å². The number of aromatic nitrogens is 4. The number of hydrogen-bond acceptors (Lipinski definition) is 7. The number of benzene rings is 1.